The molecule has 1 atom stereocenters. The number of rotatable bonds is 4. The van der Waals surface area contributed by atoms with Gasteiger partial charge in [0.2, 0.25) is 5.13 Å². The van der Waals surface area contributed by atoms with Gasteiger partial charge in [0.1, 0.15) is 22.3 Å². The number of amides is 1. The first kappa shape index (κ1) is 19.7. The molecule has 4 rings (SSSR count). The summed E-state index contributed by atoms with van der Waals surface area (Å²) in [6, 6.07) is 10.8. The summed E-state index contributed by atoms with van der Waals surface area (Å²) in [4.78, 5) is 27.0. The van der Waals surface area contributed by atoms with E-state index >= 15 is 0 Å². The number of carbonyl (C=O) groups is 2. The molecule has 1 aliphatic heterocycles. The van der Waals surface area contributed by atoms with Crippen LogP contribution in [0.2, 0.25) is 0 Å². The van der Waals surface area contributed by atoms with Gasteiger partial charge in [0.25, 0.3) is 5.78 Å². The number of aryl methyl sites for hydroxylation is 1. The van der Waals surface area contributed by atoms with Crippen LogP contribution in [0.15, 0.2) is 54.1 Å². The van der Waals surface area contributed by atoms with E-state index in [-0.39, 0.29) is 16.5 Å². The number of benzene rings is 2. The Kier molecular flexibility index (Phi) is 5.04. The van der Waals surface area contributed by atoms with Crippen molar-refractivity contribution in [2.45, 2.75) is 13.0 Å². The van der Waals surface area contributed by atoms with Gasteiger partial charge in [-0.25, -0.2) is 4.39 Å². The van der Waals surface area contributed by atoms with Gasteiger partial charge in [-0.05, 0) is 48.9 Å². The zero-order valence-corrected chi connectivity index (χ0v) is 16.8. The van der Waals surface area contributed by atoms with Gasteiger partial charge >= 0.3 is 5.91 Å². The summed E-state index contributed by atoms with van der Waals surface area (Å²) >= 11 is 1.14. The second-order valence-corrected chi connectivity index (χ2v) is 7.71. The van der Waals surface area contributed by atoms with E-state index in [0.29, 0.717) is 21.9 Å². The Hall–Kier alpha value is -3.59. The summed E-state index contributed by atoms with van der Waals surface area (Å²) in [5, 5.41) is 19.7. The molecule has 30 heavy (non-hydrogen) atoms. The van der Waals surface area contributed by atoms with Gasteiger partial charge in [-0.1, -0.05) is 23.5 Å². The van der Waals surface area contributed by atoms with E-state index in [9.17, 15) is 19.1 Å². The number of aliphatic hydroxyl groups excluding tert-OH is 1. The quantitative estimate of drug-likeness (QED) is 0.390. The average molecular weight is 425 g/mol. The Morgan fingerprint density at radius 1 is 1.10 bits per heavy atom. The van der Waals surface area contributed by atoms with E-state index in [1.807, 2.05) is 0 Å². The maximum Gasteiger partial charge on any atom is 0.301 e. The van der Waals surface area contributed by atoms with Gasteiger partial charge in [0.15, 0.2) is 0 Å². The van der Waals surface area contributed by atoms with Gasteiger partial charge in [-0.15, -0.1) is 10.2 Å². The first-order valence-electron chi connectivity index (χ1n) is 8.91. The van der Waals surface area contributed by atoms with Crippen LogP contribution in [0, 0.1) is 12.7 Å². The lowest BCUT2D eigenvalue weighted by Gasteiger charge is -2.22. The van der Waals surface area contributed by atoms with Crippen LogP contribution in [0.3, 0.4) is 0 Å². The Bertz CT molecular complexity index is 1160. The molecule has 0 unspecified atom stereocenters. The molecule has 1 aromatic heterocycles. The van der Waals surface area contributed by atoms with E-state index in [1.165, 1.54) is 36.3 Å². The predicted molar refractivity (Wildman–Crippen MR) is 109 cm³/mol. The molecule has 0 radical (unpaired) electrons. The van der Waals surface area contributed by atoms with Crippen LogP contribution in [-0.4, -0.2) is 34.1 Å². The molecule has 7 nitrogen and oxygen atoms in total. The number of anilines is 1. The summed E-state index contributed by atoms with van der Waals surface area (Å²) in [6.07, 6.45) is 0. The van der Waals surface area contributed by atoms with Crippen LogP contribution >= 0.6 is 11.3 Å². The number of aromatic nitrogens is 2. The minimum Gasteiger partial charge on any atom is -0.507 e. The lowest BCUT2D eigenvalue weighted by molar-refractivity contribution is -0.132. The van der Waals surface area contributed by atoms with Gasteiger partial charge in [0, 0.05) is 5.56 Å². The number of ketones is 1. The SMILES string of the molecule is COc1ccc(/C(O)=C2\C(=O)C(=O)N(c3nnc(C)s3)[C@H]2c2ccc(F)cc2)cc1. The second-order valence-electron chi connectivity index (χ2n) is 6.55. The summed E-state index contributed by atoms with van der Waals surface area (Å²) in [6.45, 7) is 1.72. The van der Waals surface area contributed by atoms with Crippen molar-refractivity contribution in [3.63, 3.8) is 0 Å². The number of methoxy groups -OCH3 is 1. The normalized spacial score (nSPS) is 18.1. The van der Waals surface area contributed by atoms with Crippen LogP contribution in [0.4, 0.5) is 9.52 Å². The molecule has 0 aliphatic carbocycles. The van der Waals surface area contributed by atoms with E-state index in [0.717, 1.165) is 11.3 Å². The molecule has 1 amide bonds. The lowest BCUT2D eigenvalue weighted by atomic mass is 9.95. The maximum absolute atomic E-state index is 13.5. The first-order chi connectivity index (χ1) is 14.4. The van der Waals surface area contributed by atoms with Crippen LogP contribution in [0.1, 0.15) is 22.2 Å². The summed E-state index contributed by atoms with van der Waals surface area (Å²) in [5.74, 6) is -1.92. The van der Waals surface area contributed by atoms with Crippen molar-refractivity contribution in [2.75, 3.05) is 12.0 Å². The maximum atomic E-state index is 13.5. The number of halogens is 1. The molecule has 0 spiro atoms. The zero-order chi connectivity index (χ0) is 21.4. The van der Waals surface area contributed by atoms with Gasteiger partial charge < -0.3 is 9.84 Å². The summed E-state index contributed by atoms with van der Waals surface area (Å²) in [5.41, 5.74) is 0.692. The van der Waals surface area contributed by atoms with Crippen molar-refractivity contribution in [1.29, 1.82) is 0 Å². The van der Waals surface area contributed by atoms with E-state index < -0.39 is 23.5 Å². The Labute approximate surface area is 175 Å². The molecule has 0 bridgehead atoms. The molecule has 2 aromatic carbocycles. The number of aliphatic hydroxyl groups is 1. The number of hydrogen-bond acceptors (Lipinski definition) is 7. The molecule has 1 saturated heterocycles. The average Bonchev–Trinajstić information content (AvgIpc) is 3.29. The topological polar surface area (TPSA) is 92.6 Å². The van der Waals surface area contributed by atoms with Gasteiger partial charge in [0.05, 0.1) is 18.7 Å². The predicted octanol–water partition coefficient (Wildman–Crippen LogP) is 3.62. The molecular weight excluding hydrogens is 409 g/mol. The molecule has 9 heteroatoms. The number of hydrogen-bond donors (Lipinski definition) is 1. The highest BCUT2D eigenvalue weighted by Gasteiger charge is 2.48. The molecular formula is C21H16FN3O4S. The van der Waals surface area contributed by atoms with E-state index in [1.54, 1.807) is 31.2 Å². The van der Waals surface area contributed by atoms with Crippen molar-refractivity contribution >= 4 is 33.9 Å². The van der Waals surface area contributed by atoms with Gasteiger partial charge in [-0.2, -0.15) is 0 Å². The third kappa shape index (κ3) is 3.33. The number of nitrogens with zero attached hydrogens (tertiary/aromatic N) is 3. The van der Waals surface area contributed by atoms with Crippen molar-refractivity contribution in [3.8, 4) is 5.75 Å². The van der Waals surface area contributed by atoms with E-state index in [2.05, 4.69) is 10.2 Å². The Morgan fingerprint density at radius 2 is 1.77 bits per heavy atom. The standard InChI is InChI=1S/C21H16FN3O4S/c1-11-23-24-21(30-11)25-17(12-3-7-14(22)8-4-12)16(19(27)20(25)28)18(26)13-5-9-15(29-2)10-6-13/h3-10,17,26H,1-2H3/b18-16+/t17-/m0/s1. The van der Waals surface area contributed by atoms with Crippen LogP contribution in [0.5, 0.6) is 5.75 Å². The Morgan fingerprint density at radius 3 is 2.33 bits per heavy atom. The fourth-order valence-electron chi connectivity index (χ4n) is 3.28. The third-order valence-electron chi connectivity index (χ3n) is 4.72. The molecule has 1 N–H and O–H groups in total. The van der Waals surface area contributed by atoms with Crippen LogP contribution < -0.4 is 9.64 Å². The lowest BCUT2D eigenvalue weighted by Crippen LogP contribution is -2.29. The highest BCUT2D eigenvalue weighted by atomic mass is 32.1. The fourth-order valence-corrected chi connectivity index (χ4v) is 3.99. The summed E-state index contributed by atoms with van der Waals surface area (Å²) in [7, 11) is 1.51. The molecule has 0 saturated carbocycles. The summed E-state index contributed by atoms with van der Waals surface area (Å²) < 4.78 is 18.6. The minimum atomic E-state index is -0.972. The van der Waals surface area contributed by atoms with E-state index in [4.69, 9.17) is 4.74 Å². The van der Waals surface area contributed by atoms with Crippen molar-refractivity contribution in [1.82, 2.24) is 10.2 Å². The van der Waals surface area contributed by atoms with Crippen molar-refractivity contribution < 1.29 is 23.8 Å². The Balaban J connectivity index is 1.91. The highest BCUT2D eigenvalue weighted by molar-refractivity contribution is 7.15. The molecule has 1 fully saturated rings. The first-order valence-corrected chi connectivity index (χ1v) is 9.73. The van der Waals surface area contributed by atoms with Gasteiger partial charge in [-0.3, -0.25) is 14.5 Å². The minimum absolute atomic E-state index is 0.107. The smallest absolute Gasteiger partial charge is 0.301 e. The van der Waals surface area contributed by atoms with Crippen molar-refractivity contribution in [3.05, 3.63) is 76.1 Å². The number of ether oxygens (including phenoxy) is 1. The third-order valence-corrected chi connectivity index (χ3v) is 5.55. The zero-order valence-electron chi connectivity index (χ0n) is 16.0. The highest BCUT2D eigenvalue weighted by Crippen LogP contribution is 2.42. The molecule has 152 valence electrons. The fraction of sp³-hybridized carbons (Fsp3) is 0.143. The van der Waals surface area contributed by atoms with Crippen molar-refractivity contribution in [2.24, 2.45) is 0 Å². The molecule has 3 aromatic rings. The van der Waals surface area contributed by atoms with Crippen LogP contribution in [-0.2, 0) is 9.59 Å². The molecule has 1 aliphatic rings. The second kappa shape index (κ2) is 7.68. The number of carbonyl (C=O) groups excluding carboxylic acids is 2. The monoisotopic (exact) mass is 425 g/mol. The number of Topliss-reactive ketones (excluding diaryl/α,β-unsaturated/α-hetero) is 1. The molecule has 2 heterocycles. The van der Waals surface area contributed by atoms with Crippen LogP contribution in [0.25, 0.3) is 5.76 Å². The largest absolute Gasteiger partial charge is 0.507 e.